The minimum absolute atomic E-state index is 0.00465. The molecule has 0 fully saturated rings. The molecule has 5 rings (SSSR count). The summed E-state index contributed by atoms with van der Waals surface area (Å²) in [5, 5.41) is 13.9. The maximum Gasteiger partial charge on any atom is 0.266 e. The second kappa shape index (κ2) is 16.9. The first-order chi connectivity index (χ1) is 24.2. The molecule has 0 saturated heterocycles. The number of aliphatic imine (C=N–C) groups is 1. The first kappa shape index (κ1) is 36.7. The highest BCUT2D eigenvalue weighted by Gasteiger charge is 2.54. The van der Waals surface area contributed by atoms with Crippen molar-refractivity contribution in [2.24, 2.45) is 10.1 Å². The molecular weight excluding hydrogens is 703 g/mol. The number of sulfone groups is 1. The third-order valence-corrected chi connectivity index (χ3v) is 10.3. The van der Waals surface area contributed by atoms with Crippen molar-refractivity contribution in [2.75, 3.05) is 25.5 Å². The summed E-state index contributed by atoms with van der Waals surface area (Å²) in [7, 11) is -3.88. The molecule has 1 aliphatic rings. The van der Waals surface area contributed by atoms with Crippen molar-refractivity contribution < 1.29 is 27.8 Å². The lowest BCUT2D eigenvalue weighted by atomic mass is 9.84. The molecule has 260 valence electrons. The number of aliphatic hydroxyl groups is 1. The fraction of sp³-hybridized carbons (Fsp3) is 0.257. The number of nitrogens with one attached hydrogen (secondary N) is 2. The van der Waals surface area contributed by atoms with Gasteiger partial charge in [0, 0.05) is 57.8 Å². The fourth-order valence-electron chi connectivity index (χ4n) is 5.40. The standard InChI is InChI=1S/C35H34Cl2N6O6S/c36-26-14-11-24(30(37)23-26)17-19-39-42-34(45)35(18-22-50(46,47)28-7-2-1-3-8-28)32(29-9-4-5-10-31(29)41-43-38)49-33(40-35)25-12-15-27(16-13-25)48-21-6-20-44/h1-5,7-16,23,32,39,44H,6,17-22H2,(H,42,45)/t32-,35-/m0/s1. The number of hydrazine groups is 1. The number of carbonyl (C=O) groups excluding carboxylic acids is 1. The lowest BCUT2D eigenvalue weighted by molar-refractivity contribution is -0.130. The topological polar surface area (TPSA) is 175 Å². The van der Waals surface area contributed by atoms with Gasteiger partial charge in [0.15, 0.2) is 21.5 Å². The largest absolute Gasteiger partial charge is 0.494 e. The molecule has 50 heavy (non-hydrogen) atoms. The van der Waals surface area contributed by atoms with Crippen LogP contribution in [0.4, 0.5) is 5.69 Å². The maximum atomic E-state index is 14.4. The summed E-state index contributed by atoms with van der Waals surface area (Å²) in [6.07, 6.45) is -0.582. The van der Waals surface area contributed by atoms with Crippen molar-refractivity contribution in [3.8, 4) is 5.75 Å². The Morgan fingerprint density at radius 3 is 2.50 bits per heavy atom. The number of aliphatic hydroxyl groups excluding tert-OH is 1. The Kier molecular flexibility index (Phi) is 12.4. The van der Waals surface area contributed by atoms with Crippen LogP contribution in [0.15, 0.2) is 112 Å². The highest BCUT2D eigenvalue weighted by Crippen LogP contribution is 2.45. The van der Waals surface area contributed by atoms with Gasteiger partial charge in [-0.05, 0) is 66.0 Å². The first-order valence-corrected chi connectivity index (χ1v) is 18.1. The molecule has 1 aliphatic heterocycles. The van der Waals surface area contributed by atoms with Gasteiger partial charge in [0.05, 0.1) is 17.3 Å². The number of hydrogen-bond donors (Lipinski definition) is 3. The van der Waals surface area contributed by atoms with Crippen LogP contribution in [0.25, 0.3) is 10.4 Å². The lowest BCUT2D eigenvalue weighted by Crippen LogP contribution is -2.53. The molecule has 15 heteroatoms. The van der Waals surface area contributed by atoms with Gasteiger partial charge in [-0.2, -0.15) is 0 Å². The van der Waals surface area contributed by atoms with Gasteiger partial charge in [-0.15, -0.1) is 0 Å². The molecule has 0 radical (unpaired) electrons. The van der Waals surface area contributed by atoms with Crippen molar-refractivity contribution in [1.29, 1.82) is 0 Å². The summed E-state index contributed by atoms with van der Waals surface area (Å²) in [6.45, 7) is 0.581. The van der Waals surface area contributed by atoms with E-state index in [4.69, 9.17) is 42.8 Å². The van der Waals surface area contributed by atoms with Crippen molar-refractivity contribution in [2.45, 2.75) is 35.8 Å². The van der Waals surface area contributed by atoms with Crippen LogP contribution >= 0.6 is 23.2 Å². The number of carbonyl (C=O) groups is 1. The Morgan fingerprint density at radius 1 is 1.04 bits per heavy atom. The summed E-state index contributed by atoms with van der Waals surface area (Å²) in [6, 6.07) is 26.5. The molecule has 4 aromatic rings. The van der Waals surface area contributed by atoms with E-state index in [1.807, 2.05) is 0 Å². The predicted octanol–water partition coefficient (Wildman–Crippen LogP) is 6.68. The number of rotatable bonds is 16. The molecular formula is C35H34Cl2N6O6S. The number of nitrogens with zero attached hydrogens (tertiary/aromatic N) is 4. The molecule has 1 heterocycles. The van der Waals surface area contributed by atoms with Crippen LogP contribution in [-0.4, -0.2) is 56.4 Å². The second-order valence-electron chi connectivity index (χ2n) is 11.3. The molecule has 0 unspecified atom stereocenters. The molecule has 3 N–H and O–H groups in total. The lowest BCUT2D eigenvalue weighted by Gasteiger charge is -2.31. The number of benzene rings is 4. The first-order valence-electron chi connectivity index (χ1n) is 15.7. The zero-order valence-electron chi connectivity index (χ0n) is 26.7. The Balaban J connectivity index is 1.53. The van der Waals surface area contributed by atoms with Gasteiger partial charge in [-0.3, -0.25) is 10.2 Å². The quantitative estimate of drug-likeness (QED) is 0.0378. The van der Waals surface area contributed by atoms with Gasteiger partial charge in [-0.1, -0.05) is 76.8 Å². The van der Waals surface area contributed by atoms with E-state index >= 15 is 0 Å². The Bertz CT molecular complexity index is 1990. The summed E-state index contributed by atoms with van der Waals surface area (Å²) >= 11 is 12.4. The summed E-state index contributed by atoms with van der Waals surface area (Å²) < 4.78 is 39.3. The summed E-state index contributed by atoms with van der Waals surface area (Å²) in [5.74, 6) is -0.493. The Labute approximate surface area is 299 Å². The van der Waals surface area contributed by atoms with Crippen LogP contribution in [0.3, 0.4) is 0 Å². The minimum atomic E-state index is -3.88. The van der Waals surface area contributed by atoms with E-state index in [1.165, 1.54) is 12.1 Å². The average Bonchev–Trinajstić information content (AvgIpc) is 3.52. The third kappa shape index (κ3) is 8.75. The second-order valence-corrected chi connectivity index (χ2v) is 14.2. The molecule has 0 saturated carbocycles. The Hall–Kier alpha value is -4.62. The SMILES string of the molecule is [N-]=[N+]=Nc1ccccc1[C@@H]1OC(c2ccc(OCCCO)cc2)=N[C@]1(CCS(=O)(=O)c1ccccc1)C(=O)NNCCc1ccc(Cl)cc1Cl. The van der Waals surface area contributed by atoms with Crippen molar-refractivity contribution >= 4 is 50.5 Å². The third-order valence-electron chi connectivity index (χ3n) is 7.99. The number of ether oxygens (including phenoxy) is 2. The molecule has 0 spiro atoms. The minimum Gasteiger partial charge on any atom is -0.494 e. The van der Waals surface area contributed by atoms with Crippen LogP contribution in [-0.2, 0) is 25.8 Å². The molecule has 0 aromatic heterocycles. The molecule has 4 aromatic carbocycles. The van der Waals surface area contributed by atoms with Gasteiger partial charge >= 0.3 is 0 Å². The highest BCUT2D eigenvalue weighted by atomic mass is 35.5. The fourth-order valence-corrected chi connectivity index (χ4v) is 7.29. The summed E-state index contributed by atoms with van der Waals surface area (Å²) in [4.78, 5) is 22.3. The normalized spacial score (nSPS) is 16.9. The zero-order chi connectivity index (χ0) is 35.6. The van der Waals surface area contributed by atoms with Gasteiger partial charge in [0.1, 0.15) is 5.75 Å². The number of halogens is 2. The zero-order valence-corrected chi connectivity index (χ0v) is 29.0. The van der Waals surface area contributed by atoms with Crippen molar-refractivity contribution in [3.05, 3.63) is 134 Å². The van der Waals surface area contributed by atoms with Gasteiger partial charge in [0.2, 0.25) is 5.90 Å². The van der Waals surface area contributed by atoms with Crippen molar-refractivity contribution in [3.63, 3.8) is 0 Å². The molecule has 1 amide bonds. The van der Waals surface area contributed by atoms with Gasteiger partial charge < -0.3 is 14.6 Å². The van der Waals surface area contributed by atoms with Crippen LogP contribution in [0.5, 0.6) is 5.75 Å². The highest BCUT2D eigenvalue weighted by molar-refractivity contribution is 7.91. The average molecular weight is 738 g/mol. The van der Waals surface area contributed by atoms with E-state index in [0.717, 1.165) is 5.56 Å². The van der Waals surface area contributed by atoms with E-state index in [9.17, 15) is 18.7 Å². The molecule has 0 bridgehead atoms. The predicted molar refractivity (Wildman–Crippen MR) is 191 cm³/mol. The number of hydrogen-bond acceptors (Lipinski definition) is 9. The van der Waals surface area contributed by atoms with Crippen LogP contribution in [0.1, 0.15) is 35.6 Å². The maximum absolute atomic E-state index is 14.4. The van der Waals surface area contributed by atoms with E-state index < -0.39 is 33.1 Å². The monoisotopic (exact) mass is 736 g/mol. The van der Waals surface area contributed by atoms with E-state index in [1.54, 1.807) is 84.9 Å². The van der Waals surface area contributed by atoms with Crippen LogP contribution in [0, 0.1) is 0 Å². The number of azide groups is 1. The summed E-state index contributed by atoms with van der Waals surface area (Å²) in [5.41, 5.74) is 15.0. The number of amides is 1. The molecule has 2 atom stereocenters. The smallest absolute Gasteiger partial charge is 0.266 e. The van der Waals surface area contributed by atoms with Crippen molar-refractivity contribution in [1.82, 2.24) is 10.9 Å². The van der Waals surface area contributed by atoms with Crippen LogP contribution in [0.2, 0.25) is 10.0 Å². The molecule has 0 aliphatic carbocycles. The Morgan fingerprint density at radius 2 is 1.78 bits per heavy atom. The van der Waals surface area contributed by atoms with Gasteiger partial charge in [0.25, 0.3) is 5.91 Å². The van der Waals surface area contributed by atoms with E-state index in [2.05, 4.69) is 20.9 Å². The van der Waals surface area contributed by atoms with Crippen LogP contribution < -0.4 is 15.6 Å². The van der Waals surface area contributed by atoms with E-state index in [-0.39, 0.29) is 36.1 Å². The van der Waals surface area contributed by atoms with Gasteiger partial charge in [-0.25, -0.2) is 18.8 Å². The van der Waals surface area contributed by atoms with E-state index in [0.29, 0.717) is 46.4 Å². The molecule has 12 nitrogen and oxygen atoms in total.